The van der Waals surface area contributed by atoms with Crippen LogP contribution in [0.2, 0.25) is 0 Å². The average Bonchev–Trinajstić information content (AvgIpc) is 3.16. The van der Waals surface area contributed by atoms with E-state index in [-0.39, 0.29) is 12.7 Å². The predicted molar refractivity (Wildman–Crippen MR) is 101 cm³/mol. The molecule has 0 aliphatic carbocycles. The molecule has 2 aliphatic heterocycles. The lowest BCUT2D eigenvalue weighted by Crippen LogP contribution is -2.36. The maximum atomic E-state index is 12.1. The highest BCUT2D eigenvalue weighted by molar-refractivity contribution is 6.39. The van der Waals surface area contributed by atoms with Crippen molar-refractivity contribution in [3.8, 4) is 11.5 Å². The fourth-order valence-electron chi connectivity index (χ4n) is 3.15. The van der Waals surface area contributed by atoms with Gasteiger partial charge < -0.3 is 25.4 Å². The van der Waals surface area contributed by atoms with Gasteiger partial charge in [0, 0.05) is 24.3 Å². The van der Waals surface area contributed by atoms with Gasteiger partial charge in [0.2, 0.25) is 12.7 Å². The Kier molecular flexibility index (Phi) is 4.84. The largest absolute Gasteiger partial charge is 0.454 e. The third kappa shape index (κ3) is 3.90. The van der Waals surface area contributed by atoms with Crippen LogP contribution in [0, 0.1) is 0 Å². The average molecular weight is 381 g/mol. The highest BCUT2D eigenvalue weighted by Gasteiger charge is 2.18. The molecule has 0 saturated carbocycles. The van der Waals surface area contributed by atoms with Crippen molar-refractivity contribution in [1.82, 2.24) is 5.32 Å². The van der Waals surface area contributed by atoms with E-state index in [1.165, 1.54) is 0 Å². The van der Waals surface area contributed by atoms with Crippen molar-refractivity contribution in [2.24, 2.45) is 0 Å². The van der Waals surface area contributed by atoms with Crippen LogP contribution in [0.5, 0.6) is 11.5 Å². The van der Waals surface area contributed by atoms with Gasteiger partial charge in [0.05, 0.1) is 0 Å². The third-order valence-electron chi connectivity index (χ3n) is 4.60. The molecule has 8 nitrogen and oxygen atoms in total. The van der Waals surface area contributed by atoms with Crippen molar-refractivity contribution < 1.29 is 23.9 Å². The summed E-state index contributed by atoms with van der Waals surface area (Å²) in [6.45, 7) is 0.535. The van der Waals surface area contributed by atoms with Gasteiger partial charge in [-0.15, -0.1) is 0 Å². The molecule has 28 heavy (non-hydrogen) atoms. The van der Waals surface area contributed by atoms with Crippen molar-refractivity contribution in [2.45, 2.75) is 19.3 Å². The number of hydrogen-bond acceptors (Lipinski definition) is 5. The fraction of sp³-hybridized carbons (Fsp3) is 0.250. The Morgan fingerprint density at radius 3 is 2.75 bits per heavy atom. The topological polar surface area (TPSA) is 106 Å². The minimum absolute atomic E-state index is 0.0221. The SMILES string of the molecule is O=C1CCc2cc(NC(=O)C(=O)NCCc3ccc4c(c3)OCO4)ccc2N1. The van der Waals surface area contributed by atoms with Crippen molar-refractivity contribution in [2.75, 3.05) is 24.0 Å². The third-order valence-corrected chi connectivity index (χ3v) is 4.60. The number of ether oxygens (including phenoxy) is 2. The summed E-state index contributed by atoms with van der Waals surface area (Å²) in [4.78, 5) is 35.5. The molecule has 4 rings (SSSR count). The lowest BCUT2D eigenvalue weighted by molar-refractivity contribution is -0.136. The zero-order chi connectivity index (χ0) is 19.5. The maximum Gasteiger partial charge on any atom is 0.313 e. The van der Waals surface area contributed by atoms with Crippen LogP contribution >= 0.6 is 0 Å². The fourth-order valence-corrected chi connectivity index (χ4v) is 3.15. The first-order chi connectivity index (χ1) is 13.6. The maximum absolute atomic E-state index is 12.1. The van der Waals surface area contributed by atoms with Crippen molar-refractivity contribution in [3.63, 3.8) is 0 Å². The van der Waals surface area contributed by atoms with Crippen LogP contribution in [0.15, 0.2) is 36.4 Å². The second kappa shape index (κ2) is 7.59. The summed E-state index contributed by atoms with van der Waals surface area (Å²) < 4.78 is 10.6. The van der Waals surface area contributed by atoms with Gasteiger partial charge >= 0.3 is 11.8 Å². The summed E-state index contributed by atoms with van der Waals surface area (Å²) in [6, 6.07) is 10.7. The van der Waals surface area contributed by atoms with E-state index in [0.29, 0.717) is 43.0 Å². The van der Waals surface area contributed by atoms with E-state index in [4.69, 9.17) is 9.47 Å². The minimum Gasteiger partial charge on any atom is -0.454 e. The van der Waals surface area contributed by atoms with Gasteiger partial charge in [-0.3, -0.25) is 14.4 Å². The second-order valence-corrected chi connectivity index (χ2v) is 6.57. The molecule has 0 saturated heterocycles. The van der Waals surface area contributed by atoms with Crippen LogP contribution in [-0.4, -0.2) is 31.1 Å². The number of amides is 3. The summed E-state index contributed by atoms with van der Waals surface area (Å²) in [5.74, 6) is -0.0645. The zero-order valence-corrected chi connectivity index (χ0v) is 15.0. The minimum atomic E-state index is -0.731. The molecule has 0 spiro atoms. The van der Waals surface area contributed by atoms with Crippen LogP contribution in [0.25, 0.3) is 0 Å². The van der Waals surface area contributed by atoms with Crippen LogP contribution in [0.3, 0.4) is 0 Å². The molecular formula is C20H19N3O5. The predicted octanol–water partition coefficient (Wildman–Crippen LogP) is 1.60. The van der Waals surface area contributed by atoms with E-state index < -0.39 is 11.8 Å². The summed E-state index contributed by atoms with van der Waals surface area (Å²) in [5.41, 5.74) is 3.16. The highest BCUT2D eigenvalue weighted by atomic mass is 16.7. The molecule has 0 radical (unpaired) electrons. The molecule has 2 heterocycles. The molecule has 0 fully saturated rings. The molecule has 2 aromatic carbocycles. The summed E-state index contributed by atoms with van der Waals surface area (Å²) in [5, 5.41) is 7.97. The van der Waals surface area contributed by atoms with Gasteiger partial charge in [-0.2, -0.15) is 0 Å². The van der Waals surface area contributed by atoms with Crippen LogP contribution in [0.4, 0.5) is 11.4 Å². The normalized spacial score (nSPS) is 14.1. The van der Waals surface area contributed by atoms with Gasteiger partial charge in [-0.1, -0.05) is 6.07 Å². The number of carbonyl (C=O) groups excluding carboxylic acids is 3. The van der Waals surface area contributed by atoms with Gasteiger partial charge in [-0.05, 0) is 54.3 Å². The van der Waals surface area contributed by atoms with Gasteiger partial charge in [0.1, 0.15) is 0 Å². The summed E-state index contributed by atoms with van der Waals surface area (Å²) >= 11 is 0. The Morgan fingerprint density at radius 1 is 1.00 bits per heavy atom. The van der Waals surface area contributed by atoms with E-state index >= 15 is 0 Å². The first kappa shape index (κ1) is 17.8. The van der Waals surface area contributed by atoms with Crippen LogP contribution in [-0.2, 0) is 27.2 Å². The number of aryl methyl sites for hydroxylation is 1. The van der Waals surface area contributed by atoms with E-state index in [9.17, 15) is 14.4 Å². The Labute approximate surface area is 161 Å². The molecule has 0 atom stereocenters. The molecule has 3 amide bonds. The number of rotatable bonds is 4. The van der Waals surface area contributed by atoms with Gasteiger partial charge in [-0.25, -0.2) is 0 Å². The lowest BCUT2D eigenvalue weighted by Gasteiger charge is -2.17. The first-order valence-corrected chi connectivity index (χ1v) is 8.99. The standard InChI is InChI=1S/C20H19N3O5/c24-18-6-2-13-10-14(3-4-15(13)23-18)22-20(26)19(25)21-8-7-12-1-5-16-17(9-12)28-11-27-16/h1,3-5,9-10H,2,6-8,11H2,(H,21,25)(H,22,26)(H,23,24). The molecule has 8 heteroatoms. The van der Waals surface area contributed by atoms with E-state index in [2.05, 4.69) is 16.0 Å². The van der Waals surface area contributed by atoms with Crippen LogP contribution in [0.1, 0.15) is 17.5 Å². The number of hydrogen-bond donors (Lipinski definition) is 3. The molecular weight excluding hydrogens is 362 g/mol. The number of anilines is 2. The molecule has 0 bridgehead atoms. The number of fused-ring (bicyclic) bond motifs is 2. The van der Waals surface area contributed by atoms with Crippen molar-refractivity contribution in [3.05, 3.63) is 47.5 Å². The first-order valence-electron chi connectivity index (χ1n) is 8.99. The molecule has 2 aromatic rings. The summed E-state index contributed by atoms with van der Waals surface area (Å²) in [6.07, 6.45) is 1.57. The van der Waals surface area contributed by atoms with E-state index in [1.807, 2.05) is 18.2 Å². The smallest absolute Gasteiger partial charge is 0.313 e. The monoisotopic (exact) mass is 381 g/mol. The van der Waals surface area contributed by atoms with E-state index in [1.54, 1.807) is 18.2 Å². The molecule has 144 valence electrons. The van der Waals surface area contributed by atoms with Crippen molar-refractivity contribution in [1.29, 1.82) is 0 Å². The Hall–Kier alpha value is -3.55. The molecule has 0 aromatic heterocycles. The number of carbonyl (C=O) groups is 3. The second-order valence-electron chi connectivity index (χ2n) is 6.57. The van der Waals surface area contributed by atoms with Crippen LogP contribution < -0.4 is 25.4 Å². The molecule has 0 unspecified atom stereocenters. The zero-order valence-electron chi connectivity index (χ0n) is 15.0. The van der Waals surface area contributed by atoms with Gasteiger partial charge in [0.15, 0.2) is 11.5 Å². The van der Waals surface area contributed by atoms with E-state index in [0.717, 1.165) is 16.8 Å². The number of nitrogens with one attached hydrogen (secondary N) is 3. The lowest BCUT2D eigenvalue weighted by atomic mass is 10.0. The Morgan fingerprint density at radius 2 is 1.86 bits per heavy atom. The molecule has 2 aliphatic rings. The Bertz CT molecular complexity index is 957. The highest BCUT2D eigenvalue weighted by Crippen LogP contribution is 2.32. The Balaban J connectivity index is 1.28. The van der Waals surface area contributed by atoms with Crippen molar-refractivity contribution >= 4 is 29.1 Å². The quantitative estimate of drug-likeness (QED) is 0.698. The number of benzene rings is 2. The van der Waals surface area contributed by atoms with Gasteiger partial charge in [0.25, 0.3) is 0 Å². The summed E-state index contributed by atoms with van der Waals surface area (Å²) in [7, 11) is 0. The molecule has 3 N–H and O–H groups in total.